The Morgan fingerprint density at radius 2 is 1.45 bits per heavy atom. The SMILES string of the molecule is O=S(=O)(c1cc2cc(Cl)ccc2n1S(=O)(=O)c1ccccc1)C1CC(Cc2ccc(-c3ccc(S)cc3)cc2)N1. The third kappa shape index (κ3) is 4.97. The van der Waals surface area contributed by atoms with E-state index >= 15 is 0 Å². The lowest BCUT2D eigenvalue weighted by molar-refractivity contribution is 0.324. The zero-order chi connectivity index (χ0) is 28.1. The first-order valence-corrected chi connectivity index (χ1v) is 16.4. The van der Waals surface area contributed by atoms with Crippen molar-refractivity contribution in [2.45, 2.75) is 39.1 Å². The van der Waals surface area contributed by atoms with Gasteiger partial charge in [-0.2, -0.15) is 0 Å². The van der Waals surface area contributed by atoms with Gasteiger partial charge in [-0.25, -0.2) is 20.8 Å². The van der Waals surface area contributed by atoms with Crippen molar-refractivity contribution < 1.29 is 16.8 Å². The summed E-state index contributed by atoms with van der Waals surface area (Å²) in [6.45, 7) is 0. The summed E-state index contributed by atoms with van der Waals surface area (Å²) in [5.74, 6) is 0. The summed E-state index contributed by atoms with van der Waals surface area (Å²) >= 11 is 10.5. The third-order valence-corrected chi connectivity index (χ3v) is 11.5. The molecule has 40 heavy (non-hydrogen) atoms. The van der Waals surface area contributed by atoms with E-state index in [1.165, 1.54) is 24.3 Å². The molecule has 2 heterocycles. The largest absolute Gasteiger partial charge is 0.298 e. The molecular weight excluding hydrogens is 584 g/mol. The summed E-state index contributed by atoms with van der Waals surface area (Å²) in [4.78, 5) is 0.908. The lowest BCUT2D eigenvalue weighted by Gasteiger charge is -2.37. The third-order valence-electron chi connectivity index (χ3n) is 7.19. The summed E-state index contributed by atoms with van der Waals surface area (Å²) in [5.41, 5.74) is 3.52. The van der Waals surface area contributed by atoms with Crippen LogP contribution in [0, 0.1) is 0 Å². The van der Waals surface area contributed by atoms with Crippen LogP contribution in [-0.4, -0.2) is 32.2 Å². The topological polar surface area (TPSA) is 85.2 Å². The zero-order valence-corrected chi connectivity index (χ0v) is 24.4. The van der Waals surface area contributed by atoms with Gasteiger partial charge < -0.3 is 0 Å². The summed E-state index contributed by atoms with van der Waals surface area (Å²) in [6.07, 6.45) is 1.02. The van der Waals surface area contributed by atoms with Gasteiger partial charge in [-0.1, -0.05) is 66.2 Å². The molecule has 1 N–H and O–H groups in total. The highest BCUT2D eigenvalue weighted by molar-refractivity contribution is 7.94. The Labute approximate surface area is 244 Å². The highest BCUT2D eigenvalue weighted by Gasteiger charge is 2.42. The van der Waals surface area contributed by atoms with Crippen LogP contribution < -0.4 is 5.32 Å². The highest BCUT2D eigenvalue weighted by Crippen LogP contribution is 2.34. The molecular formula is C30H25ClN2O4S3. The molecule has 0 spiro atoms. The molecule has 1 aromatic heterocycles. The van der Waals surface area contributed by atoms with Crippen molar-refractivity contribution in [1.29, 1.82) is 0 Å². The number of aromatic nitrogens is 1. The van der Waals surface area contributed by atoms with Crippen LogP contribution in [0.2, 0.25) is 5.02 Å². The van der Waals surface area contributed by atoms with Gasteiger partial charge in [-0.05, 0) is 78.1 Å². The van der Waals surface area contributed by atoms with Crippen LogP contribution >= 0.6 is 24.2 Å². The van der Waals surface area contributed by atoms with Gasteiger partial charge >= 0.3 is 0 Å². The quantitative estimate of drug-likeness (QED) is 0.215. The standard InChI is InChI=1S/C30H25ClN2O4S3/c31-24-12-15-28-23(17-24)18-30(33(28)40(36,37)27-4-2-1-3-5-27)39(34,35)29-19-25(32-29)16-20-6-8-21(9-7-20)22-10-13-26(38)14-11-22/h1-15,17-18,25,29,32,38H,16,19H2. The minimum atomic E-state index is -4.20. The van der Waals surface area contributed by atoms with E-state index in [0.29, 0.717) is 23.3 Å². The van der Waals surface area contributed by atoms with E-state index in [9.17, 15) is 16.8 Å². The predicted molar refractivity (Wildman–Crippen MR) is 161 cm³/mol. The molecule has 1 aliphatic rings. The average molecular weight is 609 g/mol. The molecule has 4 aromatic carbocycles. The molecule has 1 aliphatic heterocycles. The second-order valence-corrected chi connectivity index (χ2v) is 14.7. The molecule has 5 aromatic rings. The maximum Gasteiger partial charge on any atom is 0.269 e. The van der Waals surface area contributed by atoms with Gasteiger partial charge in [-0.3, -0.25) is 5.32 Å². The van der Waals surface area contributed by atoms with Gasteiger partial charge in [-0.15, -0.1) is 12.6 Å². The van der Waals surface area contributed by atoms with E-state index in [1.54, 1.807) is 30.3 Å². The van der Waals surface area contributed by atoms with E-state index in [1.807, 2.05) is 48.5 Å². The number of benzene rings is 4. The fraction of sp³-hybridized carbons (Fsp3) is 0.133. The Balaban J connectivity index is 1.25. The van der Waals surface area contributed by atoms with Crippen LogP contribution in [0.5, 0.6) is 0 Å². The van der Waals surface area contributed by atoms with Gasteiger partial charge in [0, 0.05) is 21.3 Å². The maximum absolute atomic E-state index is 13.8. The van der Waals surface area contributed by atoms with Crippen molar-refractivity contribution in [3.8, 4) is 11.1 Å². The van der Waals surface area contributed by atoms with Gasteiger partial charge in [0.1, 0.15) is 5.37 Å². The molecule has 0 bridgehead atoms. The van der Waals surface area contributed by atoms with Gasteiger partial charge in [0.15, 0.2) is 5.03 Å². The van der Waals surface area contributed by atoms with Crippen LogP contribution in [0.1, 0.15) is 12.0 Å². The zero-order valence-electron chi connectivity index (χ0n) is 21.1. The normalized spacial score (nSPS) is 17.6. The van der Waals surface area contributed by atoms with Crippen LogP contribution in [0.3, 0.4) is 0 Å². The first-order chi connectivity index (χ1) is 19.1. The van der Waals surface area contributed by atoms with Crippen molar-refractivity contribution >= 4 is 55.0 Å². The number of nitrogens with one attached hydrogen (secondary N) is 1. The molecule has 204 valence electrons. The molecule has 2 unspecified atom stereocenters. The van der Waals surface area contributed by atoms with E-state index in [2.05, 4.69) is 17.9 Å². The van der Waals surface area contributed by atoms with E-state index < -0.39 is 25.2 Å². The summed E-state index contributed by atoms with van der Waals surface area (Å²) in [6, 6.07) is 29.9. The lowest BCUT2D eigenvalue weighted by Crippen LogP contribution is -2.57. The second kappa shape index (κ2) is 10.4. The maximum atomic E-state index is 13.8. The molecule has 2 atom stereocenters. The Kier molecular flexibility index (Phi) is 7.04. The number of rotatable bonds is 7. The average Bonchev–Trinajstić information content (AvgIpc) is 3.32. The first kappa shape index (κ1) is 27.1. The van der Waals surface area contributed by atoms with E-state index in [-0.39, 0.29) is 21.5 Å². The molecule has 0 aliphatic carbocycles. The lowest BCUT2D eigenvalue weighted by atomic mass is 9.96. The molecule has 10 heteroatoms. The Hall–Kier alpha value is -3.08. The minimum absolute atomic E-state index is 0.00311. The molecule has 0 saturated carbocycles. The molecule has 1 fully saturated rings. The van der Waals surface area contributed by atoms with Crippen molar-refractivity contribution in [2.24, 2.45) is 0 Å². The van der Waals surface area contributed by atoms with Crippen LogP contribution in [0.25, 0.3) is 22.0 Å². The second-order valence-electron chi connectivity index (χ2n) is 9.85. The van der Waals surface area contributed by atoms with Crippen LogP contribution in [0.15, 0.2) is 118 Å². The fourth-order valence-electron chi connectivity index (χ4n) is 5.05. The molecule has 6 nitrogen and oxygen atoms in total. The Bertz CT molecular complexity index is 1920. The van der Waals surface area contributed by atoms with Gasteiger partial charge in [0.2, 0.25) is 9.84 Å². The minimum Gasteiger partial charge on any atom is -0.298 e. The van der Waals surface area contributed by atoms with Crippen molar-refractivity contribution in [3.63, 3.8) is 0 Å². The molecule has 1 saturated heterocycles. The molecule has 0 radical (unpaired) electrons. The number of hydrogen-bond acceptors (Lipinski definition) is 6. The van der Waals surface area contributed by atoms with Crippen molar-refractivity contribution in [1.82, 2.24) is 9.29 Å². The number of nitrogens with zero attached hydrogens (tertiary/aromatic N) is 1. The number of thiol groups is 1. The van der Waals surface area contributed by atoms with Gasteiger partial charge in [0.05, 0.1) is 10.4 Å². The molecule has 0 amide bonds. The number of hydrogen-bond donors (Lipinski definition) is 2. The van der Waals surface area contributed by atoms with Crippen molar-refractivity contribution in [2.75, 3.05) is 0 Å². The van der Waals surface area contributed by atoms with E-state index in [0.717, 1.165) is 25.6 Å². The van der Waals surface area contributed by atoms with Crippen LogP contribution in [-0.2, 0) is 26.3 Å². The van der Waals surface area contributed by atoms with E-state index in [4.69, 9.17) is 11.6 Å². The monoisotopic (exact) mass is 608 g/mol. The summed E-state index contributed by atoms with van der Waals surface area (Å²) in [7, 11) is -8.24. The molecule has 6 rings (SSSR count). The van der Waals surface area contributed by atoms with Crippen LogP contribution in [0.4, 0.5) is 0 Å². The first-order valence-electron chi connectivity index (χ1n) is 12.6. The predicted octanol–water partition coefficient (Wildman–Crippen LogP) is 6.19. The van der Waals surface area contributed by atoms with Crippen molar-refractivity contribution in [3.05, 3.63) is 114 Å². The highest BCUT2D eigenvalue weighted by atomic mass is 35.5. The van der Waals surface area contributed by atoms with Gasteiger partial charge in [0.25, 0.3) is 10.0 Å². The fourth-order valence-corrected chi connectivity index (χ4v) is 9.18. The summed E-state index contributed by atoms with van der Waals surface area (Å²) < 4.78 is 55.9. The number of sulfone groups is 1. The summed E-state index contributed by atoms with van der Waals surface area (Å²) in [5, 5.41) is 2.81. The number of halogens is 1. The smallest absolute Gasteiger partial charge is 0.269 e. The number of fused-ring (bicyclic) bond motifs is 1. The Morgan fingerprint density at radius 3 is 2.10 bits per heavy atom. The Morgan fingerprint density at radius 1 is 0.825 bits per heavy atom.